The number of hydrogen-bond acceptors (Lipinski definition) is 7. The number of carbonyl (C=O) groups excluding carboxylic acids is 2. The number of benzene rings is 1. The Morgan fingerprint density at radius 1 is 0.972 bits per heavy atom. The summed E-state index contributed by atoms with van der Waals surface area (Å²) in [5.41, 5.74) is 3.95. The number of rotatable bonds is 5. The molecule has 2 aliphatic heterocycles. The zero-order chi connectivity index (χ0) is 25.2. The molecule has 1 fully saturated rings. The van der Waals surface area contributed by atoms with E-state index in [1.165, 1.54) is 6.20 Å². The number of esters is 1. The van der Waals surface area contributed by atoms with E-state index in [1.807, 2.05) is 49.1 Å². The average Bonchev–Trinajstić information content (AvgIpc) is 3.21. The van der Waals surface area contributed by atoms with Crippen LogP contribution in [0.25, 0.3) is 5.69 Å². The minimum Gasteiger partial charge on any atom is -0.486 e. The van der Waals surface area contributed by atoms with Crippen molar-refractivity contribution >= 4 is 17.7 Å². The van der Waals surface area contributed by atoms with E-state index in [-0.39, 0.29) is 11.9 Å². The molecule has 1 aromatic carbocycles. The number of pyridine rings is 1. The first-order valence-corrected chi connectivity index (χ1v) is 12.2. The van der Waals surface area contributed by atoms with Crippen LogP contribution in [0.15, 0.2) is 42.6 Å². The van der Waals surface area contributed by atoms with Crippen LogP contribution in [0.4, 0.5) is 5.82 Å². The van der Waals surface area contributed by atoms with Crippen molar-refractivity contribution in [2.75, 3.05) is 50.9 Å². The summed E-state index contributed by atoms with van der Waals surface area (Å²) in [6.07, 6.45) is 1.54. The minimum atomic E-state index is -0.374. The third-order valence-corrected chi connectivity index (χ3v) is 6.60. The first-order chi connectivity index (χ1) is 17.5. The molecule has 1 saturated heterocycles. The summed E-state index contributed by atoms with van der Waals surface area (Å²) in [4.78, 5) is 33.8. The second-order valence-electron chi connectivity index (χ2n) is 8.85. The minimum absolute atomic E-state index is 0.0251. The smallest absolute Gasteiger partial charge is 0.339 e. The Hall–Kier alpha value is -4.01. The van der Waals surface area contributed by atoms with E-state index in [9.17, 15) is 9.59 Å². The van der Waals surface area contributed by atoms with Crippen molar-refractivity contribution in [3.8, 4) is 17.2 Å². The number of amides is 1. The highest BCUT2D eigenvalue weighted by Crippen LogP contribution is 2.33. The Bertz CT molecular complexity index is 1280. The molecule has 3 aromatic rings. The number of piperazine rings is 1. The van der Waals surface area contributed by atoms with Crippen LogP contribution in [-0.2, 0) is 4.74 Å². The highest BCUT2D eigenvalue weighted by atomic mass is 16.6. The van der Waals surface area contributed by atoms with Crippen molar-refractivity contribution < 1.29 is 23.8 Å². The molecule has 2 aromatic heterocycles. The van der Waals surface area contributed by atoms with Gasteiger partial charge in [0.1, 0.15) is 19.0 Å². The lowest BCUT2D eigenvalue weighted by Crippen LogP contribution is -2.49. The zero-order valence-corrected chi connectivity index (χ0v) is 20.8. The van der Waals surface area contributed by atoms with Gasteiger partial charge in [0.25, 0.3) is 5.91 Å². The summed E-state index contributed by atoms with van der Waals surface area (Å²) in [7, 11) is 0. The van der Waals surface area contributed by atoms with Crippen LogP contribution in [0.1, 0.15) is 39.0 Å². The number of anilines is 1. The lowest BCUT2D eigenvalue weighted by atomic mass is 10.2. The number of aromatic nitrogens is 2. The molecule has 0 saturated carbocycles. The van der Waals surface area contributed by atoms with Crippen molar-refractivity contribution in [2.24, 2.45) is 0 Å². The van der Waals surface area contributed by atoms with E-state index in [0.717, 1.165) is 34.4 Å². The number of hydrogen-bond donors (Lipinski definition) is 0. The molecule has 0 bridgehead atoms. The molecule has 0 atom stereocenters. The first-order valence-electron chi connectivity index (χ1n) is 12.2. The molecule has 4 heterocycles. The van der Waals surface area contributed by atoms with Gasteiger partial charge >= 0.3 is 5.97 Å². The van der Waals surface area contributed by atoms with Crippen molar-refractivity contribution in [1.29, 1.82) is 0 Å². The van der Waals surface area contributed by atoms with Gasteiger partial charge < -0.3 is 28.6 Å². The Kier molecular flexibility index (Phi) is 6.54. The van der Waals surface area contributed by atoms with E-state index < -0.39 is 0 Å². The van der Waals surface area contributed by atoms with Gasteiger partial charge in [-0.2, -0.15) is 0 Å². The van der Waals surface area contributed by atoms with Gasteiger partial charge in [-0.25, -0.2) is 9.78 Å². The Morgan fingerprint density at radius 3 is 2.42 bits per heavy atom. The van der Waals surface area contributed by atoms with Crippen LogP contribution in [0.3, 0.4) is 0 Å². The van der Waals surface area contributed by atoms with E-state index in [2.05, 4.69) is 14.5 Å². The summed E-state index contributed by atoms with van der Waals surface area (Å²) in [5, 5.41) is 0. The second kappa shape index (κ2) is 9.93. The van der Waals surface area contributed by atoms with Gasteiger partial charge in [0.15, 0.2) is 11.5 Å². The van der Waals surface area contributed by atoms with Gasteiger partial charge in [-0.05, 0) is 51.1 Å². The van der Waals surface area contributed by atoms with Crippen LogP contribution in [0, 0.1) is 13.8 Å². The average molecular weight is 491 g/mol. The topological polar surface area (TPSA) is 86.1 Å². The number of carbonyl (C=O) groups is 2. The summed E-state index contributed by atoms with van der Waals surface area (Å²) in [6.45, 7) is 9.67. The Labute approximate surface area is 210 Å². The molecule has 0 N–H and O–H groups in total. The van der Waals surface area contributed by atoms with E-state index in [4.69, 9.17) is 14.2 Å². The van der Waals surface area contributed by atoms with Gasteiger partial charge in [-0.1, -0.05) is 0 Å². The zero-order valence-electron chi connectivity index (χ0n) is 20.8. The van der Waals surface area contributed by atoms with Crippen LogP contribution >= 0.6 is 0 Å². The predicted octanol–water partition coefficient (Wildman–Crippen LogP) is 3.40. The molecule has 0 radical (unpaired) electrons. The highest BCUT2D eigenvalue weighted by Gasteiger charge is 2.26. The number of nitrogens with zero attached hydrogens (tertiary/aromatic N) is 4. The van der Waals surface area contributed by atoms with Gasteiger partial charge in [-0.15, -0.1) is 0 Å². The van der Waals surface area contributed by atoms with Crippen molar-refractivity contribution in [3.05, 3.63) is 65.1 Å². The summed E-state index contributed by atoms with van der Waals surface area (Å²) in [5.74, 6) is 1.90. The molecular formula is C27H30N4O5. The maximum Gasteiger partial charge on any atom is 0.339 e. The molecular weight excluding hydrogens is 460 g/mol. The lowest BCUT2D eigenvalue weighted by Gasteiger charge is -2.35. The van der Waals surface area contributed by atoms with Gasteiger partial charge in [-0.3, -0.25) is 4.79 Å². The normalized spacial score (nSPS) is 15.1. The van der Waals surface area contributed by atoms with Crippen LogP contribution in [-0.4, -0.2) is 72.3 Å². The largest absolute Gasteiger partial charge is 0.486 e. The molecule has 0 unspecified atom stereocenters. The monoisotopic (exact) mass is 490 g/mol. The Balaban J connectivity index is 1.27. The fourth-order valence-corrected chi connectivity index (χ4v) is 4.77. The van der Waals surface area contributed by atoms with Gasteiger partial charge in [0, 0.05) is 55.5 Å². The van der Waals surface area contributed by atoms with Gasteiger partial charge in [0.2, 0.25) is 0 Å². The Morgan fingerprint density at radius 2 is 1.72 bits per heavy atom. The first kappa shape index (κ1) is 23.7. The fourth-order valence-electron chi connectivity index (χ4n) is 4.77. The second-order valence-corrected chi connectivity index (χ2v) is 8.85. The lowest BCUT2D eigenvalue weighted by molar-refractivity contribution is 0.0525. The van der Waals surface area contributed by atoms with Crippen LogP contribution in [0.5, 0.6) is 11.5 Å². The standard InChI is InChI=1S/C27H30N4O5/c1-4-34-27(33)20-5-8-25(28-17-20)29-9-11-30(12-10-29)26(32)22-15-18(2)31(19(22)3)21-6-7-23-24(16-21)36-14-13-35-23/h5-8,15-17H,4,9-14H2,1-3H3. The summed E-state index contributed by atoms with van der Waals surface area (Å²) < 4.78 is 18.5. The molecule has 9 nitrogen and oxygen atoms in total. The number of aryl methyl sites for hydroxylation is 1. The molecule has 5 rings (SSSR count). The summed E-state index contributed by atoms with van der Waals surface area (Å²) >= 11 is 0. The quantitative estimate of drug-likeness (QED) is 0.507. The maximum atomic E-state index is 13.5. The van der Waals surface area contributed by atoms with Gasteiger partial charge in [0.05, 0.1) is 17.7 Å². The molecule has 36 heavy (non-hydrogen) atoms. The third kappa shape index (κ3) is 4.48. The molecule has 0 spiro atoms. The number of ether oxygens (including phenoxy) is 3. The molecule has 0 aliphatic carbocycles. The SMILES string of the molecule is CCOC(=O)c1ccc(N2CCN(C(=O)c3cc(C)n(-c4ccc5c(c4)OCCO5)c3C)CC2)nc1. The van der Waals surface area contributed by atoms with Crippen LogP contribution in [0.2, 0.25) is 0 Å². The maximum absolute atomic E-state index is 13.5. The van der Waals surface area contributed by atoms with Crippen molar-refractivity contribution in [3.63, 3.8) is 0 Å². The third-order valence-electron chi connectivity index (χ3n) is 6.60. The van der Waals surface area contributed by atoms with E-state index in [1.54, 1.807) is 13.0 Å². The molecule has 9 heteroatoms. The van der Waals surface area contributed by atoms with Crippen molar-refractivity contribution in [2.45, 2.75) is 20.8 Å². The highest BCUT2D eigenvalue weighted by molar-refractivity contribution is 5.96. The van der Waals surface area contributed by atoms with Crippen molar-refractivity contribution in [1.82, 2.24) is 14.5 Å². The molecule has 1 amide bonds. The van der Waals surface area contributed by atoms with E-state index >= 15 is 0 Å². The fraction of sp³-hybridized carbons (Fsp3) is 0.370. The number of fused-ring (bicyclic) bond motifs is 1. The van der Waals surface area contributed by atoms with Crippen LogP contribution < -0.4 is 14.4 Å². The predicted molar refractivity (Wildman–Crippen MR) is 135 cm³/mol. The summed E-state index contributed by atoms with van der Waals surface area (Å²) in [6, 6.07) is 11.4. The molecule has 2 aliphatic rings. The van der Waals surface area contributed by atoms with E-state index in [0.29, 0.717) is 57.1 Å². The molecule has 188 valence electrons.